The Morgan fingerprint density at radius 2 is 2.12 bits per heavy atom. The molecule has 1 aromatic carbocycles. The number of hydrogen-bond donors (Lipinski definition) is 2. The van der Waals surface area contributed by atoms with Crippen LogP contribution in [0.5, 0.6) is 5.75 Å². The molecule has 1 aromatic rings. The van der Waals surface area contributed by atoms with Crippen LogP contribution >= 0.6 is 0 Å². The normalized spacial score (nSPS) is 24.4. The Labute approximate surface area is 96.0 Å². The van der Waals surface area contributed by atoms with Gasteiger partial charge >= 0.3 is 0 Å². The third kappa shape index (κ3) is 1.76. The van der Waals surface area contributed by atoms with E-state index in [1.165, 1.54) is 24.8 Å². The van der Waals surface area contributed by atoms with Crippen LogP contribution in [0, 0.1) is 0 Å². The van der Waals surface area contributed by atoms with Crippen molar-refractivity contribution >= 4 is 5.69 Å². The Balaban J connectivity index is 1.81. The number of hydrogen-bond acceptors (Lipinski definition) is 3. The van der Waals surface area contributed by atoms with E-state index in [0.717, 1.165) is 24.5 Å². The Bertz CT molecular complexity index is 388. The molecule has 1 unspecified atom stereocenters. The van der Waals surface area contributed by atoms with E-state index >= 15 is 0 Å². The summed E-state index contributed by atoms with van der Waals surface area (Å²) in [6, 6.07) is 7.16. The van der Waals surface area contributed by atoms with E-state index < -0.39 is 0 Å². The summed E-state index contributed by atoms with van der Waals surface area (Å²) < 4.78 is 5.65. The second kappa shape index (κ2) is 3.98. The van der Waals surface area contributed by atoms with Gasteiger partial charge in [0, 0.05) is 35.8 Å². The second-order valence-corrected chi connectivity index (χ2v) is 4.78. The lowest BCUT2D eigenvalue weighted by Crippen LogP contribution is -2.39. The molecule has 1 aliphatic heterocycles. The maximum absolute atomic E-state index is 5.77. The number of nitrogens with two attached hydrogens (primary N) is 1. The van der Waals surface area contributed by atoms with Gasteiger partial charge in [0.05, 0.1) is 6.61 Å². The average molecular weight is 218 g/mol. The van der Waals surface area contributed by atoms with Crippen molar-refractivity contribution in [1.82, 2.24) is 5.32 Å². The van der Waals surface area contributed by atoms with Crippen LogP contribution in [0.25, 0.3) is 0 Å². The van der Waals surface area contributed by atoms with Crippen molar-refractivity contribution in [2.75, 3.05) is 12.3 Å². The number of rotatable bonds is 2. The van der Waals surface area contributed by atoms with Gasteiger partial charge < -0.3 is 15.8 Å². The van der Waals surface area contributed by atoms with Crippen LogP contribution in [0.4, 0.5) is 5.69 Å². The number of fused-ring (bicyclic) bond motifs is 1. The molecule has 0 radical (unpaired) electrons. The third-order valence-corrected chi connectivity index (χ3v) is 3.62. The smallest absolute Gasteiger partial charge is 0.126 e. The highest BCUT2D eigenvalue weighted by molar-refractivity contribution is 5.50. The summed E-state index contributed by atoms with van der Waals surface area (Å²) in [6.45, 7) is 0.792. The molecule has 3 rings (SSSR count). The molecule has 1 heterocycles. The van der Waals surface area contributed by atoms with Crippen LogP contribution in [-0.2, 0) is 0 Å². The molecule has 2 aliphatic rings. The van der Waals surface area contributed by atoms with E-state index in [4.69, 9.17) is 10.5 Å². The highest BCUT2D eigenvalue weighted by Crippen LogP contribution is 2.35. The first kappa shape index (κ1) is 9.97. The van der Waals surface area contributed by atoms with Crippen LogP contribution in [0.2, 0.25) is 0 Å². The van der Waals surface area contributed by atoms with Crippen molar-refractivity contribution in [2.45, 2.75) is 37.8 Å². The number of anilines is 1. The van der Waals surface area contributed by atoms with Gasteiger partial charge in [0.1, 0.15) is 5.75 Å². The van der Waals surface area contributed by atoms with Crippen molar-refractivity contribution in [3.8, 4) is 5.75 Å². The lowest BCUT2D eigenvalue weighted by atomic mass is 9.90. The first-order valence-corrected chi connectivity index (χ1v) is 6.11. The van der Waals surface area contributed by atoms with Gasteiger partial charge in [-0.2, -0.15) is 0 Å². The predicted molar refractivity (Wildman–Crippen MR) is 64.5 cm³/mol. The minimum Gasteiger partial charge on any atom is -0.493 e. The van der Waals surface area contributed by atoms with E-state index in [9.17, 15) is 0 Å². The number of nitrogens with one attached hydrogen (secondary N) is 1. The van der Waals surface area contributed by atoms with Crippen LogP contribution < -0.4 is 15.8 Å². The molecule has 0 spiro atoms. The molecule has 3 N–H and O–H groups in total. The topological polar surface area (TPSA) is 47.3 Å². The summed E-state index contributed by atoms with van der Waals surface area (Å²) in [4.78, 5) is 0. The standard InChI is InChI=1S/C13H18N2O/c14-9-4-5-11-12(15-10-2-1-3-10)6-7-16-13(11)8-9/h4-5,8,10,12,15H,1-3,6-7,14H2. The number of ether oxygens (including phenoxy) is 1. The van der Waals surface area contributed by atoms with Gasteiger partial charge in [-0.15, -0.1) is 0 Å². The molecule has 0 amide bonds. The predicted octanol–water partition coefficient (Wildman–Crippen LogP) is 2.23. The fraction of sp³-hybridized carbons (Fsp3) is 0.538. The van der Waals surface area contributed by atoms with E-state index in [2.05, 4.69) is 11.4 Å². The number of benzene rings is 1. The Kier molecular flexibility index (Phi) is 2.48. The first-order chi connectivity index (χ1) is 7.83. The maximum Gasteiger partial charge on any atom is 0.126 e. The SMILES string of the molecule is Nc1ccc2c(c1)OCCC2NC1CCC1. The molecule has 16 heavy (non-hydrogen) atoms. The zero-order valence-electron chi connectivity index (χ0n) is 9.41. The van der Waals surface area contributed by atoms with Gasteiger partial charge in [-0.25, -0.2) is 0 Å². The molecular weight excluding hydrogens is 200 g/mol. The molecule has 86 valence electrons. The highest BCUT2D eigenvalue weighted by atomic mass is 16.5. The third-order valence-electron chi connectivity index (χ3n) is 3.62. The van der Waals surface area contributed by atoms with Crippen molar-refractivity contribution in [2.24, 2.45) is 0 Å². The molecule has 1 fully saturated rings. The van der Waals surface area contributed by atoms with Gasteiger partial charge in [-0.3, -0.25) is 0 Å². The second-order valence-electron chi connectivity index (χ2n) is 4.78. The molecule has 0 aromatic heterocycles. The monoisotopic (exact) mass is 218 g/mol. The van der Waals surface area contributed by atoms with E-state index in [1.54, 1.807) is 0 Å². The molecule has 3 heteroatoms. The maximum atomic E-state index is 5.77. The minimum atomic E-state index is 0.453. The lowest BCUT2D eigenvalue weighted by molar-refractivity contribution is 0.223. The Morgan fingerprint density at radius 1 is 1.25 bits per heavy atom. The Hall–Kier alpha value is -1.22. The van der Waals surface area contributed by atoms with Crippen LogP contribution in [0.3, 0.4) is 0 Å². The van der Waals surface area contributed by atoms with Crippen LogP contribution in [0.15, 0.2) is 18.2 Å². The molecule has 0 bridgehead atoms. The van der Waals surface area contributed by atoms with Crippen LogP contribution in [0.1, 0.15) is 37.3 Å². The first-order valence-electron chi connectivity index (χ1n) is 6.11. The van der Waals surface area contributed by atoms with Gasteiger partial charge in [-0.05, 0) is 18.9 Å². The van der Waals surface area contributed by atoms with E-state index in [1.807, 2.05) is 12.1 Å². The zero-order valence-corrected chi connectivity index (χ0v) is 9.41. The Morgan fingerprint density at radius 3 is 2.88 bits per heavy atom. The van der Waals surface area contributed by atoms with Gasteiger partial charge in [0.2, 0.25) is 0 Å². The quantitative estimate of drug-likeness (QED) is 0.748. The fourth-order valence-corrected chi connectivity index (χ4v) is 2.44. The molecule has 1 aliphatic carbocycles. The van der Waals surface area contributed by atoms with Crippen molar-refractivity contribution < 1.29 is 4.74 Å². The highest BCUT2D eigenvalue weighted by Gasteiger charge is 2.26. The summed E-state index contributed by atoms with van der Waals surface area (Å²) in [5, 5.41) is 3.71. The van der Waals surface area contributed by atoms with E-state index in [-0.39, 0.29) is 0 Å². The van der Waals surface area contributed by atoms with Gasteiger partial charge in [-0.1, -0.05) is 12.5 Å². The molecular formula is C13H18N2O. The van der Waals surface area contributed by atoms with E-state index in [0.29, 0.717) is 12.1 Å². The van der Waals surface area contributed by atoms with Crippen molar-refractivity contribution in [3.63, 3.8) is 0 Å². The molecule has 1 saturated carbocycles. The molecule has 3 nitrogen and oxygen atoms in total. The fourth-order valence-electron chi connectivity index (χ4n) is 2.44. The largest absolute Gasteiger partial charge is 0.493 e. The minimum absolute atomic E-state index is 0.453. The summed E-state index contributed by atoms with van der Waals surface area (Å²) in [6.07, 6.45) is 5.08. The van der Waals surface area contributed by atoms with Crippen molar-refractivity contribution in [3.05, 3.63) is 23.8 Å². The zero-order chi connectivity index (χ0) is 11.0. The summed E-state index contributed by atoms with van der Waals surface area (Å²) in [7, 11) is 0. The lowest BCUT2D eigenvalue weighted by Gasteiger charge is -2.34. The van der Waals surface area contributed by atoms with Crippen molar-refractivity contribution in [1.29, 1.82) is 0 Å². The van der Waals surface area contributed by atoms with Crippen LogP contribution in [-0.4, -0.2) is 12.6 Å². The molecule has 1 atom stereocenters. The average Bonchev–Trinajstić information content (AvgIpc) is 2.23. The number of nitrogen functional groups attached to an aromatic ring is 1. The summed E-state index contributed by atoms with van der Waals surface area (Å²) in [5.41, 5.74) is 7.82. The summed E-state index contributed by atoms with van der Waals surface area (Å²) >= 11 is 0. The summed E-state index contributed by atoms with van der Waals surface area (Å²) in [5.74, 6) is 0.961. The van der Waals surface area contributed by atoms with Gasteiger partial charge in [0.15, 0.2) is 0 Å². The van der Waals surface area contributed by atoms with Gasteiger partial charge in [0.25, 0.3) is 0 Å². The molecule has 0 saturated heterocycles.